The maximum atomic E-state index is 12.6. The van der Waals surface area contributed by atoms with Crippen molar-refractivity contribution in [1.82, 2.24) is 14.5 Å². The average molecular weight is 362 g/mol. The van der Waals surface area contributed by atoms with Gasteiger partial charge in [0, 0.05) is 12.4 Å². The summed E-state index contributed by atoms with van der Waals surface area (Å²) in [4.78, 5) is 44.5. The van der Waals surface area contributed by atoms with E-state index in [-0.39, 0.29) is 39.9 Å². The highest BCUT2D eigenvalue weighted by atomic mass is 32.1. The number of thiazole rings is 1. The van der Waals surface area contributed by atoms with Crippen molar-refractivity contribution in [3.8, 4) is 0 Å². The Bertz CT molecular complexity index is 1030. The normalized spacial score (nSPS) is 10.8. The lowest BCUT2D eigenvalue weighted by Crippen LogP contribution is -2.20. The number of aryl methyl sites for hydroxylation is 2. The topological polar surface area (TPSA) is 116 Å². The van der Waals surface area contributed by atoms with E-state index in [1.807, 2.05) is 0 Å². The first-order valence-electron chi connectivity index (χ1n) is 7.31. The number of fused-ring (bicyclic) bond motifs is 1. The van der Waals surface area contributed by atoms with Gasteiger partial charge >= 0.3 is 5.97 Å². The zero-order chi connectivity index (χ0) is 18.1. The fourth-order valence-electron chi connectivity index (χ4n) is 2.25. The van der Waals surface area contributed by atoms with E-state index in [0.29, 0.717) is 0 Å². The highest BCUT2D eigenvalue weighted by Gasteiger charge is 2.23. The number of nitrogens with one attached hydrogen (secondary N) is 1. The van der Waals surface area contributed by atoms with Crippen LogP contribution >= 0.6 is 11.3 Å². The van der Waals surface area contributed by atoms with Crippen LogP contribution in [0, 0.1) is 6.92 Å². The third-order valence-corrected chi connectivity index (χ3v) is 4.14. The summed E-state index contributed by atoms with van der Waals surface area (Å²) in [5.74, 6) is -0.862. The lowest BCUT2D eigenvalue weighted by Gasteiger charge is -2.01. The van der Waals surface area contributed by atoms with E-state index in [1.165, 1.54) is 23.3 Å². The van der Waals surface area contributed by atoms with Crippen molar-refractivity contribution in [1.29, 1.82) is 0 Å². The van der Waals surface area contributed by atoms with Crippen LogP contribution in [0.5, 0.6) is 0 Å². The molecule has 3 rings (SSSR count). The fraction of sp³-hybridized carbons (Fsp3) is 0.267. The van der Waals surface area contributed by atoms with E-state index >= 15 is 0 Å². The first-order chi connectivity index (χ1) is 11.9. The summed E-state index contributed by atoms with van der Waals surface area (Å²) in [6, 6.07) is 0. The second-order valence-corrected chi connectivity index (χ2v) is 5.94. The lowest BCUT2D eigenvalue weighted by atomic mass is 10.2. The molecule has 3 aromatic heterocycles. The molecule has 9 nitrogen and oxygen atoms in total. The maximum absolute atomic E-state index is 12.6. The monoisotopic (exact) mass is 362 g/mol. The Labute approximate surface area is 145 Å². The van der Waals surface area contributed by atoms with Crippen LogP contribution < -0.4 is 10.9 Å². The standard InChI is InChI=1S/C15H14N4O5S/c1-4-23-14(22)8-5-25-15(17-8)18-11(20)9-7(2)24-12-10(9)13(21)19(3)6-16-12/h5-6H,4H2,1-3H3,(H,17,18,20). The number of aromatic nitrogens is 3. The van der Waals surface area contributed by atoms with Gasteiger partial charge in [-0.15, -0.1) is 11.3 Å². The number of nitrogens with zero attached hydrogens (tertiary/aromatic N) is 3. The second kappa shape index (κ2) is 6.48. The Kier molecular flexibility index (Phi) is 4.36. The molecule has 1 amide bonds. The molecule has 3 aromatic rings. The van der Waals surface area contributed by atoms with E-state index in [0.717, 1.165) is 11.3 Å². The van der Waals surface area contributed by atoms with Gasteiger partial charge in [-0.05, 0) is 13.8 Å². The number of anilines is 1. The molecule has 0 unspecified atom stereocenters. The van der Waals surface area contributed by atoms with Crippen molar-refractivity contribution >= 4 is 39.4 Å². The van der Waals surface area contributed by atoms with Gasteiger partial charge in [0.2, 0.25) is 5.71 Å². The molecular weight excluding hydrogens is 348 g/mol. The van der Waals surface area contributed by atoms with Crippen LogP contribution in [-0.4, -0.2) is 33.0 Å². The van der Waals surface area contributed by atoms with Gasteiger partial charge in [-0.2, -0.15) is 0 Å². The van der Waals surface area contributed by atoms with E-state index in [9.17, 15) is 14.4 Å². The summed E-state index contributed by atoms with van der Waals surface area (Å²) in [7, 11) is 1.53. The Morgan fingerprint density at radius 3 is 2.92 bits per heavy atom. The Morgan fingerprint density at radius 1 is 1.44 bits per heavy atom. The van der Waals surface area contributed by atoms with Gasteiger partial charge in [-0.3, -0.25) is 14.9 Å². The number of carbonyl (C=O) groups is 2. The molecule has 0 atom stereocenters. The molecule has 0 aliphatic rings. The van der Waals surface area contributed by atoms with Crippen molar-refractivity contribution in [3.05, 3.63) is 39.1 Å². The molecule has 0 saturated carbocycles. The molecule has 1 N–H and O–H groups in total. The van der Waals surface area contributed by atoms with Crippen LogP contribution in [0.3, 0.4) is 0 Å². The third kappa shape index (κ3) is 3.03. The predicted octanol–water partition coefficient (Wildman–Crippen LogP) is 1.72. The van der Waals surface area contributed by atoms with Gasteiger partial charge in [0.15, 0.2) is 10.8 Å². The third-order valence-electron chi connectivity index (χ3n) is 3.38. The SMILES string of the molecule is CCOC(=O)c1csc(NC(=O)c2c(C)oc3ncn(C)c(=O)c23)n1. The molecule has 0 aromatic carbocycles. The zero-order valence-electron chi connectivity index (χ0n) is 13.7. The van der Waals surface area contributed by atoms with Crippen molar-refractivity contribution in [3.63, 3.8) is 0 Å². The number of furan rings is 1. The van der Waals surface area contributed by atoms with Crippen LogP contribution in [0.15, 0.2) is 20.9 Å². The summed E-state index contributed by atoms with van der Waals surface area (Å²) in [6.45, 7) is 3.49. The molecule has 25 heavy (non-hydrogen) atoms. The fourth-order valence-corrected chi connectivity index (χ4v) is 2.93. The van der Waals surface area contributed by atoms with Gasteiger partial charge in [-0.25, -0.2) is 14.8 Å². The van der Waals surface area contributed by atoms with Gasteiger partial charge < -0.3 is 13.7 Å². The molecular formula is C15H14N4O5S. The van der Waals surface area contributed by atoms with Crippen molar-refractivity contribution < 1.29 is 18.7 Å². The van der Waals surface area contributed by atoms with Crippen molar-refractivity contribution in [2.45, 2.75) is 13.8 Å². The Hall–Kier alpha value is -3.01. The van der Waals surface area contributed by atoms with Crippen molar-refractivity contribution in [2.24, 2.45) is 7.05 Å². The minimum atomic E-state index is -0.567. The van der Waals surface area contributed by atoms with Gasteiger partial charge in [0.05, 0.1) is 12.2 Å². The first kappa shape index (κ1) is 16.8. The van der Waals surface area contributed by atoms with Crippen LogP contribution in [0.2, 0.25) is 0 Å². The molecule has 3 heterocycles. The highest BCUT2D eigenvalue weighted by Crippen LogP contribution is 2.23. The molecule has 0 aliphatic heterocycles. The number of carbonyl (C=O) groups excluding carboxylic acids is 2. The smallest absolute Gasteiger partial charge is 0.357 e. The summed E-state index contributed by atoms with van der Waals surface area (Å²) in [6.07, 6.45) is 1.32. The molecule has 0 fully saturated rings. The van der Waals surface area contributed by atoms with Gasteiger partial charge in [0.25, 0.3) is 11.5 Å². The summed E-state index contributed by atoms with van der Waals surface area (Å²) >= 11 is 1.07. The molecule has 0 saturated heterocycles. The minimum absolute atomic E-state index is 0.0941. The molecule has 0 bridgehead atoms. The maximum Gasteiger partial charge on any atom is 0.357 e. The number of hydrogen-bond donors (Lipinski definition) is 1. The largest absolute Gasteiger partial charge is 0.461 e. The van der Waals surface area contributed by atoms with E-state index in [1.54, 1.807) is 13.8 Å². The van der Waals surface area contributed by atoms with Crippen LogP contribution in [0.25, 0.3) is 11.1 Å². The number of esters is 1. The van der Waals surface area contributed by atoms with Gasteiger partial charge in [-0.1, -0.05) is 0 Å². The molecule has 0 radical (unpaired) electrons. The average Bonchev–Trinajstić information content (AvgIpc) is 3.15. The van der Waals surface area contributed by atoms with Crippen LogP contribution in [-0.2, 0) is 11.8 Å². The molecule has 10 heteroatoms. The lowest BCUT2D eigenvalue weighted by molar-refractivity contribution is 0.0520. The van der Waals surface area contributed by atoms with E-state index in [2.05, 4.69) is 15.3 Å². The first-order valence-corrected chi connectivity index (χ1v) is 8.19. The summed E-state index contributed by atoms with van der Waals surface area (Å²) in [5.41, 5.74) is -0.0967. The second-order valence-electron chi connectivity index (χ2n) is 5.09. The van der Waals surface area contributed by atoms with E-state index < -0.39 is 17.4 Å². The Balaban J connectivity index is 1.93. The number of rotatable bonds is 4. The van der Waals surface area contributed by atoms with Gasteiger partial charge in [0.1, 0.15) is 17.5 Å². The minimum Gasteiger partial charge on any atom is -0.461 e. The molecule has 0 aliphatic carbocycles. The highest BCUT2D eigenvalue weighted by molar-refractivity contribution is 7.14. The summed E-state index contributed by atoms with van der Waals surface area (Å²) in [5, 5.41) is 4.36. The zero-order valence-corrected chi connectivity index (χ0v) is 14.5. The van der Waals surface area contributed by atoms with E-state index in [4.69, 9.17) is 9.15 Å². The van der Waals surface area contributed by atoms with Crippen LogP contribution in [0.1, 0.15) is 33.5 Å². The van der Waals surface area contributed by atoms with Crippen molar-refractivity contribution in [2.75, 3.05) is 11.9 Å². The number of amides is 1. The number of hydrogen-bond acceptors (Lipinski definition) is 8. The molecule has 0 spiro atoms. The Morgan fingerprint density at radius 2 is 2.20 bits per heavy atom. The predicted molar refractivity (Wildman–Crippen MR) is 90.0 cm³/mol. The number of ether oxygens (including phenoxy) is 1. The quantitative estimate of drug-likeness (QED) is 0.702. The summed E-state index contributed by atoms with van der Waals surface area (Å²) < 4.78 is 11.5. The van der Waals surface area contributed by atoms with Crippen LogP contribution in [0.4, 0.5) is 5.13 Å². The molecule has 130 valence electrons.